The van der Waals surface area contributed by atoms with Crippen molar-refractivity contribution in [2.75, 3.05) is 0 Å². The first-order valence-electron chi connectivity index (χ1n) is 12.2. The Morgan fingerprint density at radius 1 is 1.11 bits per heavy atom. The number of alkyl halides is 3. The van der Waals surface area contributed by atoms with Crippen molar-refractivity contribution in [3.05, 3.63) is 30.0 Å². The van der Waals surface area contributed by atoms with Crippen LogP contribution in [0.2, 0.25) is 0 Å². The lowest BCUT2D eigenvalue weighted by Crippen LogP contribution is -2.45. The van der Waals surface area contributed by atoms with Crippen LogP contribution in [0, 0.1) is 11.8 Å². The molecule has 3 aliphatic rings. The highest BCUT2D eigenvalue weighted by Crippen LogP contribution is 2.49. The minimum atomic E-state index is -4.68. The number of Topliss-reactive ketones (excluding diaryl/α,β-unsaturated/α-hetero) is 2. The van der Waals surface area contributed by atoms with E-state index in [1.165, 1.54) is 11.6 Å². The molecule has 1 aliphatic heterocycles. The minimum absolute atomic E-state index is 0.0261. The van der Waals surface area contributed by atoms with Crippen LogP contribution >= 0.6 is 0 Å². The highest BCUT2D eigenvalue weighted by molar-refractivity contribution is 6.05. The zero-order valence-electron chi connectivity index (χ0n) is 19.5. The second kappa shape index (κ2) is 9.04. The van der Waals surface area contributed by atoms with Gasteiger partial charge in [-0.3, -0.25) is 23.8 Å². The Balaban J connectivity index is 1.27. The Bertz CT molecular complexity index is 1160. The molecule has 0 spiro atoms. The van der Waals surface area contributed by atoms with E-state index in [1.807, 2.05) is 12.1 Å². The molecular weight excluding hydrogens is 463 g/mol. The molecule has 0 N–H and O–H groups in total. The zero-order chi connectivity index (χ0) is 24.9. The molecule has 2 aliphatic carbocycles. The van der Waals surface area contributed by atoms with Crippen LogP contribution in [-0.2, 0) is 20.9 Å². The molecule has 1 aromatic carbocycles. The number of halogens is 3. The number of carbonyl (C=O) groups is 3. The maximum atomic E-state index is 13.4. The van der Waals surface area contributed by atoms with Crippen molar-refractivity contribution in [2.24, 2.45) is 11.8 Å². The van der Waals surface area contributed by atoms with Gasteiger partial charge in [0, 0.05) is 24.8 Å². The van der Waals surface area contributed by atoms with Crippen molar-refractivity contribution >= 4 is 28.4 Å². The van der Waals surface area contributed by atoms with E-state index < -0.39 is 18.5 Å². The van der Waals surface area contributed by atoms with Crippen molar-refractivity contribution in [3.8, 4) is 0 Å². The van der Waals surface area contributed by atoms with Crippen LogP contribution in [-0.4, -0.2) is 56.7 Å². The predicted octanol–water partition coefficient (Wildman–Crippen LogP) is 4.28. The van der Waals surface area contributed by atoms with E-state index in [9.17, 15) is 27.6 Å². The van der Waals surface area contributed by atoms with E-state index in [0.29, 0.717) is 48.2 Å². The summed E-state index contributed by atoms with van der Waals surface area (Å²) in [6.07, 6.45) is -2.17. The fourth-order valence-electron chi connectivity index (χ4n) is 5.96. The SMILES string of the molecule is CC(=O)c1nn(CC(=O)N2[C@@H]3C[C@@H]3C[C@H]2C(=O)CC2CCCC(OC(F)(F)F)C2)c2ccccc12. The van der Waals surface area contributed by atoms with Crippen molar-refractivity contribution in [1.82, 2.24) is 14.7 Å². The number of piperidine rings is 1. The number of ketones is 2. The van der Waals surface area contributed by atoms with Crippen molar-refractivity contribution in [1.29, 1.82) is 0 Å². The minimum Gasteiger partial charge on any atom is -0.328 e. The van der Waals surface area contributed by atoms with Gasteiger partial charge in [-0.15, -0.1) is 13.2 Å². The number of fused-ring (bicyclic) bond motifs is 2. The van der Waals surface area contributed by atoms with E-state index >= 15 is 0 Å². The van der Waals surface area contributed by atoms with Gasteiger partial charge in [-0.05, 0) is 50.0 Å². The van der Waals surface area contributed by atoms with Crippen LogP contribution in [0.5, 0.6) is 0 Å². The molecule has 188 valence electrons. The van der Waals surface area contributed by atoms with E-state index in [4.69, 9.17) is 0 Å². The number of aromatic nitrogens is 2. The van der Waals surface area contributed by atoms with Gasteiger partial charge in [0.15, 0.2) is 11.6 Å². The molecule has 0 radical (unpaired) electrons. The first-order valence-corrected chi connectivity index (χ1v) is 12.2. The zero-order valence-corrected chi connectivity index (χ0v) is 19.5. The van der Waals surface area contributed by atoms with Gasteiger partial charge >= 0.3 is 6.36 Å². The van der Waals surface area contributed by atoms with Gasteiger partial charge in [0.25, 0.3) is 0 Å². The quantitative estimate of drug-likeness (QED) is 0.540. The van der Waals surface area contributed by atoms with Gasteiger partial charge < -0.3 is 4.90 Å². The Hall–Kier alpha value is -2.75. The summed E-state index contributed by atoms with van der Waals surface area (Å²) in [7, 11) is 0. The number of ether oxygens (including phenoxy) is 1. The number of rotatable bonds is 7. The average molecular weight is 492 g/mol. The van der Waals surface area contributed by atoms with E-state index in [-0.39, 0.29) is 48.8 Å². The van der Waals surface area contributed by atoms with Crippen molar-refractivity contribution < 1.29 is 32.3 Å². The van der Waals surface area contributed by atoms with Gasteiger partial charge in [-0.1, -0.05) is 24.6 Å². The first-order chi connectivity index (χ1) is 16.6. The molecule has 0 bridgehead atoms. The smallest absolute Gasteiger partial charge is 0.328 e. The number of benzene rings is 1. The van der Waals surface area contributed by atoms with Gasteiger partial charge in [0.05, 0.1) is 17.7 Å². The molecule has 1 saturated heterocycles. The normalized spacial score (nSPS) is 28.2. The molecule has 2 unspecified atom stereocenters. The molecule has 1 aromatic heterocycles. The summed E-state index contributed by atoms with van der Waals surface area (Å²) in [5, 5.41) is 5.05. The van der Waals surface area contributed by atoms with Crippen LogP contribution < -0.4 is 0 Å². The van der Waals surface area contributed by atoms with Crippen molar-refractivity contribution in [2.45, 2.75) is 83.0 Å². The third-order valence-corrected chi connectivity index (χ3v) is 7.57. The molecule has 7 nitrogen and oxygen atoms in total. The first kappa shape index (κ1) is 24.0. The molecule has 35 heavy (non-hydrogen) atoms. The van der Waals surface area contributed by atoms with Gasteiger partial charge in [-0.25, -0.2) is 0 Å². The second-order valence-corrected chi connectivity index (χ2v) is 10.1. The van der Waals surface area contributed by atoms with Gasteiger partial charge in [-0.2, -0.15) is 5.10 Å². The predicted molar refractivity (Wildman–Crippen MR) is 119 cm³/mol. The second-order valence-electron chi connectivity index (χ2n) is 10.1. The highest BCUT2D eigenvalue weighted by atomic mass is 19.4. The molecule has 2 saturated carbocycles. The Kier molecular flexibility index (Phi) is 6.19. The highest BCUT2D eigenvalue weighted by Gasteiger charge is 2.55. The Morgan fingerprint density at radius 2 is 1.89 bits per heavy atom. The molecule has 5 rings (SSSR count). The van der Waals surface area contributed by atoms with Gasteiger partial charge in [0.1, 0.15) is 12.2 Å². The summed E-state index contributed by atoms with van der Waals surface area (Å²) >= 11 is 0. The number of likely N-dealkylation sites (tertiary alicyclic amines) is 1. The lowest BCUT2D eigenvalue weighted by Gasteiger charge is -2.31. The lowest BCUT2D eigenvalue weighted by molar-refractivity contribution is -0.346. The standard InChI is InChI=1S/C25H28F3N3O4/c1-14(32)24-18-7-2-3-8-19(18)30(29-24)13-23(34)31-20-11-16(20)12-21(31)22(33)10-15-5-4-6-17(9-15)35-25(26,27)28/h2-3,7-8,15-17,20-21H,4-6,9-13H2,1H3/t15?,16-,17?,20-,21+/m1/s1. The monoisotopic (exact) mass is 491 g/mol. The third-order valence-electron chi connectivity index (χ3n) is 7.57. The summed E-state index contributed by atoms with van der Waals surface area (Å²) in [6, 6.07) is 6.69. The molecule has 2 aromatic rings. The summed E-state index contributed by atoms with van der Waals surface area (Å²) in [6.45, 7) is 1.35. The third kappa shape index (κ3) is 4.98. The van der Waals surface area contributed by atoms with Crippen LogP contribution in [0.25, 0.3) is 10.9 Å². The van der Waals surface area contributed by atoms with Gasteiger partial charge in [0.2, 0.25) is 5.91 Å². The van der Waals surface area contributed by atoms with Crippen molar-refractivity contribution in [3.63, 3.8) is 0 Å². The number of amides is 1. The van der Waals surface area contributed by atoms with Crippen LogP contribution in [0.4, 0.5) is 13.2 Å². The molecule has 3 fully saturated rings. The average Bonchev–Trinajstić information content (AvgIpc) is 3.28. The molecule has 5 atom stereocenters. The van der Waals surface area contributed by atoms with Crippen LogP contribution in [0.3, 0.4) is 0 Å². The van der Waals surface area contributed by atoms with E-state index in [2.05, 4.69) is 9.84 Å². The van der Waals surface area contributed by atoms with Crippen LogP contribution in [0.1, 0.15) is 62.4 Å². The molecule has 1 amide bonds. The summed E-state index contributed by atoms with van der Waals surface area (Å²) in [4.78, 5) is 40.3. The maximum absolute atomic E-state index is 13.4. The number of hydrogen-bond acceptors (Lipinski definition) is 5. The topological polar surface area (TPSA) is 81.5 Å². The fourth-order valence-corrected chi connectivity index (χ4v) is 5.96. The number of hydrogen-bond donors (Lipinski definition) is 0. The fraction of sp³-hybridized carbons (Fsp3) is 0.600. The summed E-state index contributed by atoms with van der Waals surface area (Å²) in [5.74, 6) is -0.380. The number of carbonyl (C=O) groups excluding carboxylic acids is 3. The summed E-state index contributed by atoms with van der Waals surface area (Å²) in [5.41, 5.74) is 0.984. The molecule has 2 heterocycles. The molecule has 10 heteroatoms. The Labute approximate surface area is 200 Å². The maximum Gasteiger partial charge on any atom is 0.522 e. The Morgan fingerprint density at radius 3 is 2.63 bits per heavy atom. The number of nitrogens with zero attached hydrogens (tertiary/aromatic N) is 3. The lowest BCUT2D eigenvalue weighted by atomic mass is 9.82. The largest absolute Gasteiger partial charge is 0.522 e. The van der Waals surface area contributed by atoms with Crippen LogP contribution in [0.15, 0.2) is 24.3 Å². The van der Waals surface area contributed by atoms with E-state index in [0.717, 1.165) is 6.42 Å². The number of para-hydroxylation sites is 1. The van der Waals surface area contributed by atoms with E-state index in [1.54, 1.807) is 17.0 Å². The summed E-state index contributed by atoms with van der Waals surface area (Å²) < 4.78 is 43.6. The molecular formula is C25H28F3N3O4.